The first-order valence-corrected chi connectivity index (χ1v) is 11.1. The molecule has 27 heavy (non-hydrogen) atoms. The summed E-state index contributed by atoms with van der Waals surface area (Å²) in [7, 11) is -3.55. The molecule has 2 heterocycles. The van der Waals surface area contributed by atoms with Crippen molar-refractivity contribution in [3.8, 4) is 0 Å². The van der Waals surface area contributed by atoms with Crippen molar-refractivity contribution in [2.75, 3.05) is 19.6 Å². The SMILES string of the molecule is CCCN(C(=O)CC(C)N=C1NS(=O)(=O)c2ccccc21)C1CCNCC1. The van der Waals surface area contributed by atoms with E-state index >= 15 is 0 Å². The number of hydrogen-bond donors (Lipinski definition) is 2. The Morgan fingerprint density at radius 2 is 2.00 bits per heavy atom. The van der Waals surface area contributed by atoms with Crippen LogP contribution in [-0.2, 0) is 14.8 Å². The Kier molecular flexibility index (Phi) is 6.16. The summed E-state index contributed by atoms with van der Waals surface area (Å²) in [6, 6.07) is 6.75. The summed E-state index contributed by atoms with van der Waals surface area (Å²) >= 11 is 0. The third kappa shape index (κ3) is 4.50. The van der Waals surface area contributed by atoms with E-state index in [1.54, 1.807) is 24.3 Å². The highest BCUT2D eigenvalue weighted by molar-refractivity contribution is 7.90. The molecule has 0 saturated carbocycles. The number of fused-ring (bicyclic) bond motifs is 1. The molecular formula is C19H28N4O3S. The van der Waals surface area contributed by atoms with Crippen LogP contribution in [0, 0.1) is 0 Å². The van der Waals surface area contributed by atoms with Gasteiger partial charge in [-0.3, -0.25) is 14.5 Å². The van der Waals surface area contributed by atoms with Crippen LogP contribution in [-0.4, -0.2) is 56.8 Å². The molecule has 1 fully saturated rings. The third-order valence-corrected chi connectivity index (χ3v) is 6.41. The maximum atomic E-state index is 12.9. The first-order valence-electron chi connectivity index (χ1n) is 9.62. The lowest BCUT2D eigenvalue weighted by atomic mass is 10.0. The quantitative estimate of drug-likeness (QED) is 0.767. The van der Waals surface area contributed by atoms with Crippen LogP contribution in [0.5, 0.6) is 0 Å². The van der Waals surface area contributed by atoms with E-state index in [4.69, 9.17) is 0 Å². The summed E-state index contributed by atoms with van der Waals surface area (Å²) in [4.78, 5) is 19.6. The number of piperidine rings is 1. The Morgan fingerprint density at radius 1 is 1.30 bits per heavy atom. The van der Waals surface area contributed by atoms with Gasteiger partial charge in [0.1, 0.15) is 5.84 Å². The number of aliphatic imine (C=N–C) groups is 1. The number of hydrogen-bond acceptors (Lipinski definition) is 5. The maximum Gasteiger partial charge on any atom is 0.263 e. The van der Waals surface area contributed by atoms with Gasteiger partial charge in [-0.25, -0.2) is 8.42 Å². The van der Waals surface area contributed by atoms with Crippen molar-refractivity contribution in [3.05, 3.63) is 29.8 Å². The predicted octanol–water partition coefficient (Wildman–Crippen LogP) is 1.49. The summed E-state index contributed by atoms with van der Waals surface area (Å²) in [5.41, 5.74) is 0.570. The van der Waals surface area contributed by atoms with E-state index in [0.717, 1.165) is 38.9 Å². The number of amides is 1. The summed E-state index contributed by atoms with van der Waals surface area (Å²) in [5.74, 6) is 0.421. The van der Waals surface area contributed by atoms with Gasteiger partial charge in [-0.2, -0.15) is 0 Å². The molecule has 0 aliphatic carbocycles. The van der Waals surface area contributed by atoms with Crippen LogP contribution < -0.4 is 10.0 Å². The second-order valence-electron chi connectivity index (χ2n) is 7.20. The Balaban J connectivity index is 1.72. The van der Waals surface area contributed by atoms with Crippen LogP contribution in [0.15, 0.2) is 34.2 Å². The van der Waals surface area contributed by atoms with E-state index in [9.17, 15) is 13.2 Å². The molecule has 1 unspecified atom stereocenters. The zero-order valence-electron chi connectivity index (χ0n) is 15.9. The minimum atomic E-state index is -3.55. The van der Waals surface area contributed by atoms with Crippen LogP contribution >= 0.6 is 0 Å². The number of carbonyl (C=O) groups is 1. The van der Waals surface area contributed by atoms with Gasteiger partial charge in [0.2, 0.25) is 5.91 Å². The number of nitrogens with one attached hydrogen (secondary N) is 2. The highest BCUT2D eigenvalue weighted by Crippen LogP contribution is 2.23. The monoisotopic (exact) mass is 392 g/mol. The van der Waals surface area contributed by atoms with Gasteiger partial charge >= 0.3 is 0 Å². The Bertz CT molecular complexity index is 816. The average molecular weight is 393 g/mol. The lowest BCUT2D eigenvalue weighted by Crippen LogP contribution is -2.47. The minimum absolute atomic E-state index is 0.0924. The Labute approximate surface area is 161 Å². The molecule has 1 aromatic rings. The van der Waals surface area contributed by atoms with Crippen molar-refractivity contribution in [2.45, 2.75) is 56.5 Å². The number of nitrogens with zero attached hydrogens (tertiary/aromatic N) is 2. The molecule has 3 rings (SSSR count). The maximum absolute atomic E-state index is 12.9. The van der Waals surface area contributed by atoms with Gasteiger partial charge in [-0.15, -0.1) is 0 Å². The van der Waals surface area contributed by atoms with Crippen molar-refractivity contribution in [1.82, 2.24) is 14.9 Å². The van der Waals surface area contributed by atoms with Gasteiger partial charge in [-0.1, -0.05) is 19.1 Å². The highest BCUT2D eigenvalue weighted by Gasteiger charge is 2.31. The molecule has 7 nitrogen and oxygen atoms in total. The van der Waals surface area contributed by atoms with Crippen molar-refractivity contribution in [1.29, 1.82) is 0 Å². The lowest BCUT2D eigenvalue weighted by molar-refractivity contribution is -0.134. The van der Waals surface area contributed by atoms with Gasteiger partial charge in [0.05, 0.1) is 10.9 Å². The third-order valence-electron chi connectivity index (χ3n) is 5.02. The van der Waals surface area contributed by atoms with Crippen LogP contribution in [0.25, 0.3) is 0 Å². The summed E-state index contributed by atoms with van der Waals surface area (Å²) in [5, 5.41) is 3.33. The van der Waals surface area contributed by atoms with Gasteiger partial charge in [0.25, 0.3) is 10.0 Å². The molecule has 2 aliphatic heterocycles. The predicted molar refractivity (Wildman–Crippen MR) is 105 cm³/mol. The Hall–Kier alpha value is -1.93. The van der Waals surface area contributed by atoms with Crippen molar-refractivity contribution < 1.29 is 13.2 Å². The molecule has 0 spiro atoms. The fourth-order valence-corrected chi connectivity index (χ4v) is 4.98. The summed E-state index contributed by atoms with van der Waals surface area (Å²) in [6.45, 7) is 6.56. The molecular weight excluding hydrogens is 364 g/mol. The molecule has 8 heteroatoms. The smallest absolute Gasteiger partial charge is 0.263 e. The van der Waals surface area contributed by atoms with Gasteiger partial charge in [0.15, 0.2) is 0 Å². The second kappa shape index (κ2) is 8.39. The fourth-order valence-electron chi connectivity index (χ4n) is 3.74. The van der Waals surface area contributed by atoms with E-state index in [1.165, 1.54) is 0 Å². The molecule has 0 aromatic heterocycles. The highest BCUT2D eigenvalue weighted by atomic mass is 32.2. The second-order valence-corrected chi connectivity index (χ2v) is 8.85. The van der Waals surface area contributed by atoms with Crippen molar-refractivity contribution in [2.24, 2.45) is 4.99 Å². The molecule has 1 saturated heterocycles. The minimum Gasteiger partial charge on any atom is -0.340 e. The Morgan fingerprint density at radius 3 is 2.70 bits per heavy atom. The molecule has 1 atom stereocenters. The number of benzene rings is 1. The molecule has 2 aliphatic rings. The van der Waals surface area contributed by atoms with Crippen molar-refractivity contribution >= 4 is 21.8 Å². The number of rotatable bonds is 6. The van der Waals surface area contributed by atoms with Crippen LogP contribution in [0.3, 0.4) is 0 Å². The topological polar surface area (TPSA) is 90.9 Å². The van der Waals surface area contributed by atoms with Gasteiger partial charge < -0.3 is 10.2 Å². The van der Waals surface area contributed by atoms with Crippen molar-refractivity contribution in [3.63, 3.8) is 0 Å². The summed E-state index contributed by atoms with van der Waals surface area (Å²) < 4.78 is 26.9. The van der Waals surface area contributed by atoms with E-state index in [2.05, 4.69) is 22.0 Å². The normalized spacial score (nSPS) is 21.5. The molecule has 1 aromatic carbocycles. The summed E-state index contributed by atoms with van der Waals surface area (Å²) in [6.07, 6.45) is 3.15. The average Bonchev–Trinajstić information content (AvgIpc) is 2.90. The molecule has 2 N–H and O–H groups in total. The zero-order valence-corrected chi connectivity index (χ0v) is 16.8. The number of sulfonamides is 1. The molecule has 148 valence electrons. The molecule has 1 amide bonds. The number of carbonyl (C=O) groups excluding carboxylic acids is 1. The standard InChI is InChI=1S/C19H28N4O3S/c1-3-12-23(15-8-10-20-11-9-15)18(24)13-14(2)21-19-16-6-4-5-7-17(16)27(25,26)22-19/h4-7,14-15,20H,3,8-13H2,1-2H3,(H,21,22). The zero-order chi connectivity index (χ0) is 19.4. The van der Waals surface area contributed by atoms with Gasteiger partial charge in [0, 0.05) is 24.6 Å². The van der Waals surface area contributed by atoms with E-state index < -0.39 is 10.0 Å². The molecule has 0 radical (unpaired) electrons. The van der Waals surface area contributed by atoms with E-state index in [0.29, 0.717) is 11.4 Å². The van der Waals surface area contributed by atoms with Crippen LogP contribution in [0.1, 0.15) is 45.1 Å². The number of amidine groups is 1. The van der Waals surface area contributed by atoms with Gasteiger partial charge in [-0.05, 0) is 51.4 Å². The van der Waals surface area contributed by atoms with E-state index in [1.807, 2.05) is 11.8 Å². The first-order chi connectivity index (χ1) is 12.9. The molecule has 0 bridgehead atoms. The lowest BCUT2D eigenvalue weighted by Gasteiger charge is -2.35. The van der Waals surface area contributed by atoms with E-state index in [-0.39, 0.29) is 29.3 Å². The largest absolute Gasteiger partial charge is 0.340 e. The first kappa shape index (κ1) is 19.8. The fraction of sp³-hybridized carbons (Fsp3) is 0.579. The van der Waals surface area contributed by atoms with Crippen LogP contribution in [0.2, 0.25) is 0 Å². The van der Waals surface area contributed by atoms with Crippen LogP contribution in [0.4, 0.5) is 0 Å².